The third-order valence-corrected chi connectivity index (χ3v) is 5.14. The molecule has 0 unspecified atom stereocenters. The summed E-state index contributed by atoms with van der Waals surface area (Å²) >= 11 is 4.79. The van der Waals surface area contributed by atoms with E-state index >= 15 is 0 Å². The van der Waals surface area contributed by atoms with Crippen LogP contribution < -0.4 is 10.2 Å². The van der Waals surface area contributed by atoms with Crippen molar-refractivity contribution in [1.29, 1.82) is 0 Å². The molecule has 0 bridgehead atoms. The number of aryl methyl sites for hydroxylation is 1. The second kappa shape index (κ2) is 7.33. The van der Waals surface area contributed by atoms with Crippen molar-refractivity contribution in [2.24, 2.45) is 0 Å². The lowest BCUT2D eigenvalue weighted by atomic mass is 10.2. The van der Waals surface area contributed by atoms with Crippen LogP contribution in [-0.4, -0.2) is 58.7 Å². The van der Waals surface area contributed by atoms with E-state index in [9.17, 15) is 4.79 Å². The van der Waals surface area contributed by atoms with Gasteiger partial charge in [-0.2, -0.15) is 0 Å². The number of hydrogen-bond acceptors (Lipinski definition) is 7. The molecule has 3 heterocycles. The fourth-order valence-electron chi connectivity index (χ4n) is 2.42. The molecule has 122 valence electrons. The van der Waals surface area contributed by atoms with Gasteiger partial charge >= 0.3 is 0 Å². The van der Waals surface area contributed by atoms with Gasteiger partial charge in [-0.15, -0.1) is 10.2 Å². The number of anilines is 2. The Hall–Kier alpha value is -1.58. The van der Waals surface area contributed by atoms with Crippen LogP contribution in [0, 0.1) is 6.92 Å². The zero-order chi connectivity index (χ0) is 16.2. The first-order valence-corrected chi connectivity index (χ1v) is 8.94. The Morgan fingerprint density at radius 1 is 1.39 bits per heavy atom. The average Bonchev–Trinajstić information content (AvgIpc) is 3.03. The van der Waals surface area contributed by atoms with E-state index in [1.165, 1.54) is 16.9 Å². The van der Waals surface area contributed by atoms with Crippen LogP contribution in [0.5, 0.6) is 0 Å². The lowest BCUT2D eigenvalue weighted by Gasteiger charge is -2.35. The maximum atomic E-state index is 12.0. The maximum Gasteiger partial charge on any atom is 0.240 e. The highest BCUT2D eigenvalue weighted by atomic mass is 79.9. The molecular formula is C14H17BrN6OS. The first kappa shape index (κ1) is 16.3. The number of nitrogens with zero attached hydrogens (tertiary/aromatic N) is 5. The van der Waals surface area contributed by atoms with Crippen LogP contribution in [0.25, 0.3) is 0 Å². The molecule has 23 heavy (non-hydrogen) atoms. The van der Waals surface area contributed by atoms with Crippen LogP contribution in [0.2, 0.25) is 0 Å². The molecule has 3 rings (SSSR count). The van der Waals surface area contributed by atoms with E-state index in [0.717, 1.165) is 36.5 Å². The van der Waals surface area contributed by atoms with Gasteiger partial charge in [-0.05, 0) is 34.5 Å². The smallest absolute Gasteiger partial charge is 0.240 e. The number of carbonyl (C=O) groups excluding carboxylic acids is 1. The number of carbonyl (C=O) groups is 1. The molecule has 1 aliphatic heterocycles. The van der Waals surface area contributed by atoms with Crippen molar-refractivity contribution < 1.29 is 4.79 Å². The van der Waals surface area contributed by atoms with Crippen molar-refractivity contribution >= 4 is 44.1 Å². The summed E-state index contributed by atoms with van der Waals surface area (Å²) in [5.74, 6) is 0.941. The summed E-state index contributed by atoms with van der Waals surface area (Å²) in [7, 11) is 0. The second-order valence-corrected chi connectivity index (χ2v) is 7.03. The molecule has 2 aromatic heterocycles. The first-order valence-electron chi connectivity index (χ1n) is 7.27. The molecule has 1 N–H and O–H groups in total. The molecule has 9 heteroatoms. The predicted octanol–water partition coefficient (Wildman–Crippen LogP) is 1.76. The Balaban J connectivity index is 1.50. The van der Waals surface area contributed by atoms with Gasteiger partial charge in [-0.25, -0.2) is 4.98 Å². The first-order chi connectivity index (χ1) is 11.1. The van der Waals surface area contributed by atoms with Gasteiger partial charge in [0.05, 0.1) is 6.54 Å². The normalized spacial score (nSPS) is 15.7. The van der Waals surface area contributed by atoms with Crippen LogP contribution in [0.1, 0.15) is 5.56 Å². The van der Waals surface area contributed by atoms with Gasteiger partial charge in [0.1, 0.15) is 11.3 Å². The number of aromatic nitrogens is 3. The molecule has 1 fully saturated rings. The minimum Gasteiger partial charge on any atom is -0.354 e. The SMILES string of the molecule is Cc1cc(N2CCN(CC(=O)Nc3nncs3)CC2)ncc1Br. The molecule has 0 aromatic carbocycles. The number of hydrogen-bond donors (Lipinski definition) is 1. The Kier molecular flexibility index (Phi) is 5.19. The van der Waals surface area contributed by atoms with Gasteiger partial charge in [0.2, 0.25) is 11.0 Å². The van der Waals surface area contributed by atoms with E-state index in [-0.39, 0.29) is 5.91 Å². The van der Waals surface area contributed by atoms with Crippen molar-refractivity contribution in [3.8, 4) is 0 Å². The largest absolute Gasteiger partial charge is 0.354 e. The average molecular weight is 397 g/mol. The highest BCUT2D eigenvalue weighted by Gasteiger charge is 2.20. The zero-order valence-electron chi connectivity index (χ0n) is 12.7. The summed E-state index contributed by atoms with van der Waals surface area (Å²) in [6.07, 6.45) is 1.84. The molecule has 2 aromatic rings. The topological polar surface area (TPSA) is 74.2 Å². The summed E-state index contributed by atoms with van der Waals surface area (Å²) < 4.78 is 1.02. The number of amides is 1. The quantitative estimate of drug-likeness (QED) is 0.848. The second-order valence-electron chi connectivity index (χ2n) is 5.35. The van der Waals surface area contributed by atoms with Gasteiger partial charge in [0.15, 0.2) is 0 Å². The number of halogens is 1. The molecule has 0 saturated carbocycles. The molecular weight excluding hydrogens is 380 g/mol. The van der Waals surface area contributed by atoms with Crippen LogP contribution in [-0.2, 0) is 4.79 Å². The standard InChI is InChI=1S/C14H17BrN6OS/c1-10-6-12(16-7-11(10)15)21-4-2-20(3-5-21)8-13(22)18-14-19-17-9-23-14/h6-7,9H,2-5,8H2,1H3,(H,18,19,22). The van der Waals surface area contributed by atoms with Gasteiger partial charge in [0.25, 0.3) is 0 Å². The van der Waals surface area contributed by atoms with E-state index in [4.69, 9.17) is 0 Å². The Bertz CT molecular complexity index is 672. The van der Waals surface area contributed by atoms with Crippen LogP contribution in [0.4, 0.5) is 10.9 Å². The van der Waals surface area contributed by atoms with Crippen molar-refractivity contribution in [3.63, 3.8) is 0 Å². The van der Waals surface area contributed by atoms with Crippen molar-refractivity contribution in [2.75, 3.05) is 42.9 Å². The predicted molar refractivity (Wildman–Crippen MR) is 93.9 cm³/mol. The highest BCUT2D eigenvalue weighted by Crippen LogP contribution is 2.21. The van der Waals surface area contributed by atoms with Gasteiger partial charge < -0.3 is 4.90 Å². The number of rotatable bonds is 4. The molecule has 1 saturated heterocycles. The Morgan fingerprint density at radius 2 is 2.17 bits per heavy atom. The van der Waals surface area contributed by atoms with Crippen LogP contribution in [0.15, 0.2) is 22.2 Å². The third kappa shape index (κ3) is 4.24. The number of piperazine rings is 1. The monoisotopic (exact) mass is 396 g/mol. The van der Waals surface area contributed by atoms with Crippen molar-refractivity contribution in [1.82, 2.24) is 20.1 Å². The zero-order valence-corrected chi connectivity index (χ0v) is 15.1. The molecule has 0 radical (unpaired) electrons. The molecule has 0 atom stereocenters. The van der Waals surface area contributed by atoms with E-state index in [2.05, 4.69) is 59.2 Å². The van der Waals surface area contributed by atoms with Gasteiger partial charge in [-0.1, -0.05) is 11.3 Å². The molecule has 0 spiro atoms. The molecule has 1 aliphatic rings. The fourth-order valence-corrected chi connectivity index (χ4v) is 3.10. The lowest BCUT2D eigenvalue weighted by Crippen LogP contribution is -2.48. The Morgan fingerprint density at radius 3 is 2.83 bits per heavy atom. The molecule has 7 nitrogen and oxygen atoms in total. The summed E-state index contributed by atoms with van der Waals surface area (Å²) in [5, 5.41) is 10.8. The molecule has 1 amide bonds. The Labute approximate surface area is 146 Å². The number of nitrogens with one attached hydrogen (secondary N) is 1. The van der Waals surface area contributed by atoms with Crippen molar-refractivity contribution in [3.05, 3.63) is 27.8 Å². The lowest BCUT2D eigenvalue weighted by molar-refractivity contribution is -0.117. The van der Waals surface area contributed by atoms with Crippen LogP contribution in [0.3, 0.4) is 0 Å². The summed E-state index contributed by atoms with van der Waals surface area (Å²) in [4.78, 5) is 20.8. The summed E-state index contributed by atoms with van der Waals surface area (Å²) in [5.41, 5.74) is 2.77. The van der Waals surface area contributed by atoms with E-state index < -0.39 is 0 Å². The minimum absolute atomic E-state index is 0.0483. The fraction of sp³-hybridized carbons (Fsp3) is 0.429. The van der Waals surface area contributed by atoms with Crippen LogP contribution >= 0.6 is 27.3 Å². The van der Waals surface area contributed by atoms with E-state index in [0.29, 0.717) is 11.7 Å². The number of pyridine rings is 1. The summed E-state index contributed by atoms with van der Waals surface area (Å²) in [6, 6.07) is 2.09. The minimum atomic E-state index is -0.0483. The third-order valence-electron chi connectivity index (χ3n) is 3.70. The van der Waals surface area contributed by atoms with E-state index in [1.807, 2.05) is 6.20 Å². The van der Waals surface area contributed by atoms with Gasteiger partial charge in [-0.3, -0.25) is 15.0 Å². The summed E-state index contributed by atoms with van der Waals surface area (Å²) in [6.45, 7) is 5.82. The van der Waals surface area contributed by atoms with E-state index in [1.54, 1.807) is 5.51 Å². The van der Waals surface area contributed by atoms with Gasteiger partial charge in [0, 0.05) is 36.8 Å². The molecule has 0 aliphatic carbocycles. The van der Waals surface area contributed by atoms with Crippen molar-refractivity contribution in [2.45, 2.75) is 6.92 Å². The maximum absolute atomic E-state index is 12.0. The highest BCUT2D eigenvalue weighted by molar-refractivity contribution is 9.10.